The third kappa shape index (κ3) is 6.87. The highest BCUT2D eigenvalue weighted by molar-refractivity contribution is 6.00. The van der Waals surface area contributed by atoms with Crippen LogP contribution in [0.3, 0.4) is 0 Å². The van der Waals surface area contributed by atoms with Crippen LogP contribution in [0.25, 0.3) is 0 Å². The summed E-state index contributed by atoms with van der Waals surface area (Å²) in [5.74, 6) is -1.32. The van der Waals surface area contributed by atoms with Gasteiger partial charge in [0.05, 0.1) is 30.8 Å². The van der Waals surface area contributed by atoms with Gasteiger partial charge in [0.15, 0.2) is 0 Å². The molecule has 2 heterocycles. The van der Waals surface area contributed by atoms with E-state index in [2.05, 4.69) is 15.7 Å². The second-order valence-corrected chi connectivity index (χ2v) is 9.11. The van der Waals surface area contributed by atoms with Crippen molar-refractivity contribution in [1.82, 2.24) is 30.2 Å². The van der Waals surface area contributed by atoms with Crippen LogP contribution in [0.5, 0.6) is 5.75 Å². The van der Waals surface area contributed by atoms with Crippen molar-refractivity contribution in [1.29, 1.82) is 0 Å². The van der Waals surface area contributed by atoms with Gasteiger partial charge in [-0.2, -0.15) is 5.10 Å². The molecule has 2 aromatic rings. The molecule has 200 valence electrons. The van der Waals surface area contributed by atoms with Gasteiger partial charge in [-0.05, 0) is 44.9 Å². The summed E-state index contributed by atoms with van der Waals surface area (Å²) >= 11 is 0. The number of aromatic nitrogens is 2. The molecule has 1 aromatic heterocycles. The second kappa shape index (κ2) is 12.4. The Hall–Kier alpha value is -3.89. The normalized spacial score (nSPS) is 17.5. The summed E-state index contributed by atoms with van der Waals surface area (Å²) in [5, 5.41) is 9.92. The lowest BCUT2D eigenvalue weighted by Gasteiger charge is -2.27. The van der Waals surface area contributed by atoms with Gasteiger partial charge in [-0.25, -0.2) is 0 Å². The summed E-state index contributed by atoms with van der Waals surface area (Å²) in [4.78, 5) is 54.9. The van der Waals surface area contributed by atoms with Crippen LogP contribution in [0, 0.1) is 13.8 Å². The van der Waals surface area contributed by atoms with Gasteiger partial charge < -0.3 is 25.2 Å². The van der Waals surface area contributed by atoms with E-state index in [-0.39, 0.29) is 31.0 Å². The lowest BCUT2D eigenvalue weighted by Crippen LogP contribution is -2.50. The number of likely N-dealkylation sites (N-methyl/N-ethyl adjacent to an activating group) is 2. The van der Waals surface area contributed by atoms with Gasteiger partial charge in [-0.1, -0.05) is 12.1 Å². The predicted octanol–water partition coefficient (Wildman–Crippen LogP) is 0.584. The molecule has 37 heavy (non-hydrogen) atoms. The van der Waals surface area contributed by atoms with Crippen molar-refractivity contribution in [3.05, 3.63) is 46.8 Å². The minimum atomic E-state index is -1.13. The van der Waals surface area contributed by atoms with Crippen LogP contribution in [0.1, 0.15) is 40.7 Å². The maximum Gasteiger partial charge on any atom is 0.255 e. The Morgan fingerprint density at radius 3 is 2.57 bits per heavy atom. The molecular formula is C26H36N6O5. The minimum absolute atomic E-state index is 0.134. The van der Waals surface area contributed by atoms with Crippen molar-refractivity contribution in [2.75, 3.05) is 39.8 Å². The van der Waals surface area contributed by atoms with E-state index in [0.29, 0.717) is 31.8 Å². The molecule has 0 saturated heterocycles. The Kier molecular flexibility index (Phi) is 9.26. The van der Waals surface area contributed by atoms with Gasteiger partial charge >= 0.3 is 0 Å². The van der Waals surface area contributed by atoms with Crippen molar-refractivity contribution >= 4 is 23.6 Å². The largest absolute Gasteiger partial charge is 0.491 e. The maximum absolute atomic E-state index is 13.2. The first kappa shape index (κ1) is 27.7. The molecule has 0 bridgehead atoms. The van der Waals surface area contributed by atoms with Gasteiger partial charge in [0.1, 0.15) is 18.4 Å². The van der Waals surface area contributed by atoms with Crippen molar-refractivity contribution in [2.45, 2.75) is 39.7 Å². The Balaban J connectivity index is 1.81. The number of nitrogens with one attached hydrogen (secondary N) is 2. The highest BCUT2D eigenvalue weighted by Gasteiger charge is 2.28. The molecule has 3 rings (SSSR count). The van der Waals surface area contributed by atoms with Crippen molar-refractivity contribution < 1.29 is 23.9 Å². The fraction of sp³-hybridized carbons (Fsp3) is 0.500. The number of aryl methyl sites for hydroxylation is 2. The molecule has 0 fully saturated rings. The summed E-state index contributed by atoms with van der Waals surface area (Å²) in [6, 6.07) is 5.55. The average Bonchev–Trinajstić information content (AvgIpc) is 3.11. The van der Waals surface area contributed by atoms with Crippen LogP contribution >= 0.6 is 0 Å². The minimum Gasteiger partial charge on any atom is -0.491 e. The average molecular weight is 513 g/mol. The van der Waals surface area contributed by atoms with Crippen LogP contribution in [0.2, 0.25) is 0 Å². The number of hydrogen-bond donors (Lipinski definition) is 2. The molecule has 4 amide bonds. The molecule has 11 nitrogen and oxygen atoms in total. The van der Waals surface area contributed by atoms with Crippen molar-refractivity contribution in [2.24, 2.45) is 7.05 Å². The number of hydrogen-bond acceptors (Lipinski definition) is 6. The number of amides is 4. The number of ether oxygens (including phenoxy) is 1. The van der Waals surface area contributed by atoms with E-state index in [4.69, 9.17) is 4.74 Å². The predicted molar refractivity (Wildman–Crippen MR) is 137 cm³/mol. The molecule has 0 spiro atoms. The first-order valence-electron chi connectivity index (χ1n) is 12.4. The van der Waals surface area contributed by atoms with E-state index in [1.54, 1.807) is 33.8 Å². The highest BCUT2D eigenvalue weighted by Crippen LogP contribution is 2.19. The smallest absolute Gasteiger partial charge is 0.255 e. The summed E-state index contributed by atoms with van der Waals surface area (Å²) in [7, 11) is 3.37. The van der Waals surface area contributed by atoms with Gasteiger partial charge in [0.25, 0.3) is 5.91 Å². The Morgan fingerprint density at radius 1 is 1.16 bits per heavy atom. The lowest BCUT2D eigenvalue weighted by molar-refractivity contribution is -0.140. The molecule has 0 radical (unpaired) electrons. The van der Waals surface area contributed by atoms with Crippen LogP contribution in [0.15, 0.2) is 24.3 Å². The molecule has 0 saturated carbocycles. The summed E-state index contributed by atoms with van der Waals surface area (Å²) in [6.07, 6.45) is 0.269. The summed E-state index contributed by atoms with van der Waals surface area (Å²) in [6.45, 7) is 6.84. The lowest BCUT2D eigenvalue weighted by atomic mass is 10.1. The monoisotopic (exact) mass is 512 g/mol. The van der Waals surface area contributed by atoms with Gasteiger partial charge in [0.2, 0.25) is 17.7 Å². The zero-order valence-corrected chi connectivity index (χ0v) is 22.2. The first-order chi connectivity index (χ1) is 17.6. The van der Waals surface area contributed by atoms with E-state index in [1.807, 2.05) is 27.8 Å². The number of benzene rings is 1. The summed E-state index contributed by atoms with van der Waals surface area (Å²) < 4.78 is 7.61. The molecule has 2 N–H and O–H groups in total. The van der Waals surface area contributed by atoms with Crippen molar-refractivity contribution in [3.63, 3.8) is 0 Å². The standard InChI is InChI=1S/C26H36N6O5/c1-6-32-13-14-37-22-10-8-7-9-20(22)25(35)28-21(15-23(33)30(4)16-24(32)34)26(36)27-12-11-19-17(2)29-31(5)18(19)3/h7-10,21H,6,11-16H2,1-5H3,(H,27,36)(H,28,35)/t21-/m0/s1. The van der Waals surface area contributed by atoms with E-state index < -0.39 is 23.8 Å². The maximum atomic E-state index is 13.2. The molecule has 1 aliphatic rings. The van der Waals surface area contributed by atoms with E-state index in [9.17, 15) is 19.2 Å². The summed E-state index contributed by atoms with van der Waals surface area (Å²) in [5.41, 5.74) is 3.19. The third-order valence-electron chi connectivity index (χ3n) is 6.62. The number of carbonyl (C=O) groups is 4. The number of rotatable bonds is 5. The number of carbonyl (C=O) groups excluding carboxylic acids is 4. The molecular weight excluding hydrogens is 476 g/mol. The third-order valence-corrected chi connectivity index (χ3v) is 6.62. The fourth-order valence-corrected chi connectivity index (χ4v) is 4.29. The molecule has 1 aromatic carbocycles. The zero-order chi connectivity index (χ0) is 27.1. The molecule has 0 aliphatic carbocycles. The second-order valence-electron chi connectivity index (χ2n) is 9.11. The van der Waals surface area contributed by atoms with E-state index >= 15 is 0 Å². The van der Waals surface area contributed by atoms with Gasteiger partial charge in [-0.15, -0.1) is 0 Å². The van der Waals surface area contributed by atoms with Crippen LogP contribution in [-0.2, 0) is 27.9 Å². The van der Waals surface area contributed by atoms with Gasteiger partial charge in [0, 0.05) is 32.9 Å². The Morgan fingerprint density at radius 2 is 1.89 bits per heavy atom. The Bertz CT molecular complexity index is 1160. The molecule has 1 aliphatic heterocycles. The van der Waals surface area contributed by atoms with E-state index in [1.165, 1.54) is 11.9 Å². The topological polar surface area (TPSA) is 126 Å². The molecule has 11 heteroatoms. The quantitative estimate of drug-likeness (QED) is 0.604. The number of nitrogens with zero attached hydrogens (tertiary/aromatic N) is 4. The van der Waals surface area contributed by atoms with Crippen LogP contribution < -0.4 is 15.4 Å². The SMILES string of the molecule is CCN1CCOc2ccccc2C(=O)N[C@H](C(=O)NCCc2c(C)nn(C)c2C)CC(=O)N(C)CC1=O. The number of fused-ring (bicyclic) bond motifs is 1. The number of para-hydroxylation sites is 1. The fourth-order valence-electron chi connectivity index (χ4n) is 4.29. The zero-order valence-electron chi connectivity index (χ0n) is 22.2. The van der Waals surface area contributed by atoms with Crippen LogP contribution in [-0.4, -0.2) is 89.1 Å². The van der Waals surface area contributed by atoms with Crippen LogP contribution in [0.4, 0.5) is 0 Å². The molecule has 0 unspecified atom stereocenters. The van der Waals surface area contributed by atoms with Crippen molar-refractivity contribution in [3.8, 4) is 5.75 Å². The van der Waals surface area contributed by atoms with Gasteiger partial charge in [-0.3, -0.25) is 23.9 Å². The molecule has 1 atom stereocenters. The Labute approximate surface area is 217 Å². The highest BCUT2D eigenvalue weighted by atomic mass is 16.5. The first-order valence-corrected chi connectivity index (χ1v) is 12.4. The van der Waals surface area contributed by atoms with E-state index in [0.717, 1.165) is 17.0 Å².